The largest absolute Gasteiger partial charge is 0.355 e. The van der Waals surface area contributed by atoms with Crippen LogP contribution in [0.2, 0.25) is 0 Å². The van der Waals surface area contributed by atoms with Crippen LogP contribution in [0.3, 0.4) is 0 Å². The van der Waals surface area contributed by atoms with Crippen LogP contribution in [-0.2, 0) is 0 Å². The fourth-order valence-corrected chi connectivity index (χ4v) is 1.27. The van der Waals surface area contributed by atoms with E-state index in [4.69, 9.17) is 0 Å². The lowest BCUT2D eigenvalue weighted by atomic mass is 10.3. The number of nitrogens with zero attached hydrogens (tertiary/aromatic N) is 2. The van der Waals surface area contributed by atoms with Gasteiger partial charge in [-0.3, -0.25) is 4.79 Å². The van der Waals surface area contributed by atoms with E-state index in [0.29, 0.717) is 25.2 Å². The maximum atomic E-state index is 13.4. The van der Waals surface area contributed by atoms with Gasteiger partial charge in [-0.25, -0.2) is 9.37 Å². The summed E-state index contributed by atoms with van der Waals surface area (Å²) in [6.07, 6.45) is 1.96. The Bertz CT molecular complexity index is 324. The minimum absolute atomic E-state index is 0.262. The Morgan fingerprint density at radius 1 is 1.50 bits per heavy atom. The third kappa shape index (κ3) is 2.07. The van der Waals surface area contributed by atoms with Gasteiger partial charge >= 0.3 is 0 Å². The Morgan fingerprint density at radius 3 is 2.57 bits per heavy atom. The van der Waals surface area contributed by atoms with Gasteiger partial charge < -0.3 is 4.90 Å². The number of carbonyl (C=O) groups excluding carboxylic acids is 1. The number of aldehydes is 1. The normalized spacial score (nSPS) is 9.93. The molecule has 1 aromatic heterocycles. The molecule has 0 aliphatic heterocycles. The summed E-state index contributed by atoms with van der Waals surface area (Å²) in [5.74, 6) is -0.140. The van der Waals surface area contributed by atoms with Crippen molar-refractivity contribution in [1.82, 2.24) is 4.98 Å². The van der Waals surface area contributed by atoms with Gasteiger partial charge in [0, 0.05) is 24.8 Å². The average Bonchev–Trinajstić information content (AvgIpc) is 2.22. The van der Waals surface area contributed by atoms with E-state index in [9.17, 15) is 9.18 Å². The average molecular weight is 196 g/mol. The van der Waals surface area contributed by atoms with Crippen LogP contribution in [0, 0.1) is 5.82 Å². The number of pyridine rings is 1. The lowest BCUT2D eigenvalue weighted by Crippen LogP contribution is -2.24. The molecule has 3 nitrogen and oxygen atoms in total. The van der Waals surface area contributed by atoms with Crippen molar-refractivity contribution < 1.29 is 9.18 Å². The molecule has 0 fully saturated rings. The van der Waals surface area contributed by atoms with Gasteiger partial charge in [0.25, 0.3) is 0 Å². The summed E-state index contributed by atoms with van der Waals surface area (Å²) in [7, 11) is 0. The number of hydrogen-bond acceptors (Lipinski definition) is 3. The Hall–Kier alpha value is -1.45. The summed E-state index contributed by atoms with van der Waals surface area (Å²) in [5, 5.41) is 0. The fraction of sp³-hybridized carbons (Fsp3) is 0.400. The van der Waals surface area contributed by atoms with Gasteiger partial charge in [-0.1, -0.05) is 0 Å². The van der Waals surface area contributed by atoms with Crippen LogP contribution in [0.5, 0.6) is 0 Å². The molecule has 0 saturated carbocycles. The lowest BCUT2D eigenvalue weighted by Gasteiger charge is -2.19. The zero-order valence-electron chi connectivity index (χ0n) is 8.33. The number of halogens is 1. The van der Waals surface area contributed by atoms with Gasteiger partial charge in [-0.05, 0) is 19.9 Å². The molecule has 1 aromatic rings. The van der Waals surface area contributed by atoms with Gasteiger partial charge in [-0.15, -0.1) is 0 Å². The zero-order valence-corrected chi connectivity index (χ0v) is 8.33. The molecule has 0 aliphatic carbocycles. The van der Waals surface area contributed by atoms with Crippen LogP contribution in [0.25, 0.3) is 0 Å². The summed E-state index contributed by atoms with van der Waals surface area (Å²) in [5.41, 5.74) is 0.262. The van der Waals surface area contributed by atoms with Gasteiger partial charge in [0.15, 0.2) is 17.9 Å². The Morgan fingerprint density at radius 2 is 2.14 bits per heavy atom. The monoisotopic (exact) mass is 196 g/mol. The molecule has 0 aromatic carbocycles. The Balaban J connectivity index is 3.03. The molecule has 0 saturated heterocycles. The SMILES string of the molecule is CCN(CC)c1ncc(C=O)cc1F. The standard InChI is InChI=1S/C10H13FN2O/c1-3-13(4-2)10-9(11)5-8(7-14)6-12-10/h5-7H,3-4H2,1-2H3. The van der Waals surface area contributed by atoms with Crippen molar-refractivity contribution in [3.8, 4) is 0 Å². The summed E-state index contributed by atoms with van der Waals surface area (Å²) in [6.45, 7) is 5.25. The topological polar surface area (TPSA) is 33.2 Å². The molecule has 1 rings (SSSR count). The Kier molecular flexibility index (Phi) is 3.56. The molecular weight excluding hydrogens is 183 g/mol. The summed E-state index contributed by atoms with van der Waals surface area (Å²) >= 11 is 0. The van der Waals surface area contributed by atoms with E-state index >= 15 is 0 Å². The van der Waals surface area contributed by atoms with E-state index in [1.807, 2.05) is 13.8 Å². The van der Waals surface area contributed by atoms with Crippen LogP contribution in [0.4, 0.5) is 10.2 Å². The first kappa shape index (κ1) is 10.6. The summed E-state index contributed by atoms with van der Waals surface area (Å²) in [6, 6.07) is 1.20. The second kappa shape index (κ2) is 4.69. The van der Waals surface area contributed by atoms with Crippen molar-refractivity contribution in [2.24, 2.45) is 0 Å². The van der Waals surface area contributed by atoms with E-state index in [2.05, 4.69) is 4.98 Å². The van der Waals surface area contributed by atoms with Crippen molar-refractivity contribution in [2.75, 3.05) is 18.0 Å². The number of rotatable bonds is 4. The molecule has 0 aliphatic rings. The van der Waals surface area contributed by atoms with Crippen LogP contribution in [-0.4, -0.2) is 24.4 Å². The molecule has 0 N–H and O–H groups in total. The predicted molar refractivity (Wildman–Crippen MR) is 53.1 cm³/mol. The molecule has 14 heavy (non-hydrogen) atoms. The predicted octanol–water partition coefficient (Wildman–Crippen LogP) is 1.88. The van der Waals surface area contributed by atoms with Crippen molar-refractivity contribution in [3.05, 3.63) is 23.6 Å². The molecule has 0 unspecified atom stereocenters. The second-order valence-corrected chi connectivity index (χ2v) is 2.86. The van der Waals surface area contributed by atoms with Gasteiger partial charge in [0.2, 0.25) is 0 Å². The summed E-state index contributed by atoms with van der Waals surface area (Å²) < 4.78 is 13.4. The van der Waals surface area contributed by atoms with E-state index in [0.717, 1.165) is 0 Å². The molecule has 0 spiro atoms. The lowest BCUT2D eigenvalue weighted by molar-refractivity contribution is 0.112. The molecule has 0 bridgehead atoms. The maximum Gasteiger partial charge on any atom is 0.166 e. The highest BCUT2D eigenvalue weighted by atomic mass is 19.1. The second-order valence-electron chi connectivity index (χ2n) is 2.86. The van der Waals surface area contributed by atoms with Gasteiger partial charge in [0.05, 0.1) is 0 Å². The van der Waals surface area contributed by atoms with Crippen LogP contribution in [0.1, 0.15) is 24.2 Å². The van der Waals surface area contributed by atoms with Crippen LogP contribution >= 0.6 is 0 Å². The fourth-order valence-electron chi connectivity index (χ4n) is 1.27. The summed E-state index contributed by atoms with van der Waals surface area (Å²) in [4.78, 5) is 16.1. The highest BCUT2D eigenvalue weighted by molar-refractivity contribution is 5.74. The molecule has 76 valence electrons. The van der Waals surface area contributed by atoms with Gasteiger partial charge in [0.1, 0.15) is 0 Å². The first-order chi connectivity index (χ1) is 6.72. The molecular formula is C10H13FN2O. The third-order valence-electron chi connectivity index (χ3n) is 2.04. The molecule has 0 amide bonds. The number of anilines is 1. The smallest absolute Gasteiger partial charge is 0.166 e. The van der Waals surface area contributed by atoms with Crippen molar-refractivity contribution in [1.29, 1.82) is 0 Å². The molecule has 0 radical (unpaired) electrons. The molecule has 1 heterocycles. The Labute approximate surface area is 82.6 Å². The van der Waals surface area contributed by atoms with Crippen molar-refractivity contribution in [3.63, 3.8) is 0 Å². The van der Waals surface area contributed by atoms with E-state index < -0.39 is 5.82 Å². The number of hydrogen-bond donors (Lipinski definition) is 0. The maximum absolute atomic E-state index is 13.4. The first-order valence-electron chi connectivity index (χ1n) is 4.58. The van der Waals surface area contributed by atoms with Gasteiger partial charge in [-0.2, -0.15) is 0 Å². The quantitative estimate of drug-likeness (QED) is 0.689. The first-order valence-corrected chi connectivity index (χ1v) is 4.58. The van der Waals surface area contributed by atoms with Crippen molar-refractivity contribution >= 4 is 12.1 Å². The minimum Gasteiger partial charge on any atom is -0.355 e. The van der Waals surface area contributed by atoms with E-state index in [1.54, 1.807) is 4.90 Å². The van der Waals surface area contributed by atoms with E-state index in [1.165, 1.54) is 12.3 Å². The van der Waals surface area contributed by atoms with Crippen LogP contribution < -0.4 is 4.90 Å². The zero-order chi connectivity index (χ0) is 10.6. The highest BCUT2D eigenvalue weighted by Gasteiger charge is 2.10. The number of carbonyl (C=O) groups is 1. The van der Waals surface area contributed by atoms with Crippen molar-refractivity contribution in [2.45, 2.75) is 13.8 Å². The van der Waals surface area contributed by atoms with Crippen LogP contribution in [0.15, 0.2) is 12.3 Å². The molecule has 4 heteroatoms. The third-order valence-corrected chi connectivity index (χ3v) is 2.04. The highest BCUT2D eigenvalue weighted by Crippen LogP contribution is 2.15. The number of aromatic nitrogens is 1. The minimum atomic E-state index is -0.446. The molecule has 0 atom stereocenters. The van der Waals surface area contributed by atoms with E-state index in [-0.39, 0.29) is 5.56 Å².